The van der Waals surface area contributed by atoms with Gasteiger partial charge in [0.1, 0.15) is 17.3 Å². The monoisotopic (exact) mass is 562 g/mol. The first-order chi connectivity index (χ1) is 15.0. The Morgan fingerprint density at radius 2 is 1.66 bits per heavy atom. The summed E-state index contributed by atoms with van der Waals surface area (Å²) >= 11 is 3.14. The normalized spacial score (nSPS) is 14.9. The fourth-order valence-electron chi connectivity index (χ4n) is 2.66. The number of unbranched alkanes of at least 4 members (excludes halogenated alkanes) is 2. The van der Waals surface area contributed by atoms with Crippen LogP contribution in [0.3, 0.4) is 0 Å². The Hall–Kier alpha value is -1.11. The molecule has 1 fully saturated rings. The first-order valence-electron chi connectivity index (χ1n) is 9.98. The molecule has 1 heterocycles. The molecular formula is C20H26BrF3O6S2. The number of carbonyl (C=O) groups is 2. The second-order valence-electron chi connectivity index (χ2n) is 7.01. The van der Waals surface area contributed by atoms with E-state index in [4.69, 9.17) is 0 Å². The molecule has 0 atom stereocenters. The van der Waals surface area contributed by atoms with E-state index in [1.54, 1.807) is 12.1 Å². The molecule has 1 saturated heterocycles. The maximum absolute atomic E-state index is 12.7. The van der Waals surface area contributed by atoms with E-state index in [2.05, 4.69) is 20.7 Å². The van der Waals surface area contributed by atoms with E-state index < -0.39 is 21.3 Å². The Labute approximate surface area is 197 Å². The highest BCUT2D eigenvalue weighted by Crippen LogP contribution is 2.22. The van der Waals surface area contributed by atoms with Gasteiger partial charge >= 0.3 is 11.2 Å². The molecule has 0 aliphatic carbocycles. The van der Waals surface area contributed by atoms with Crippen LogP contribution in [0.2, 0.25) is 0 Å². The molecule has 6 nitrogen and oxygen atoms in total. The molecule has 0 unspecified atom stereocenters. The zero-order chi connectivity index (χ0) is 24.2. The number of halogens is 4. The fraction of sp³-hybridized carbons (Fsp3) is 0.600. The molecule has 182 valence electrons. The van der Waals surface area contributed by atoms with Crippen molar-refractivity contribution in [1.29, 1.82) is 0 Å². The smallest absolute Gasteiger partial charge is 0.428 e. The summed E-state index contributed by atoms with van der Waals surface area (Å²) in [6.07, 6.45) is 5.57. The van der Waals surface area contributed by atoms with Crippen LogP contribution in [0.1, 0.15) is 48.9 Å². The van der Waals surface area contributed by atoms with E-state index in [-0.39, 0.29) is 29.1 Å². The molecule has 0 spiro atoms. The number of carbonyl (C=O) groups excluding carboxylic acids is 2. The molecule has 12 heteroatoms. The third kappa shape index (κ3) is 10.2. The summed E-state index contributed by atoms with van der Waals surface area (Å²) in [5.41, 5.74) is 0.652. The summed E-state index contributed by atoms with van der Waals surface area (Å²) in [5, 5.41) is -4.28. The van der Waals surface area contributed by atoms with Crippen LogP contribution in [-0.2, 0) is 30.5 Å². The summed E-state index contributed by atoms with van der Waals surface area (Å²) in [6.45, 7) is -0.336. The van der Waals surface area contributed by atoms with Crippen molar-refractivity contribution in [2.45, 2.75) is 43.8 Å². The molecule has 0 saturated carbocycles. The molecule has 0 N–H and O–H groups in total. The molecule has 0 radical (unpaired) electrons. The first kappa shape index (κ1) is 28.9. The highest BCUT2D eigenvalue weighted by molar-refractivity contribution is 9.09. The van der Waals surface area contributed by atoms with Gasteiger partial charge < -0.3 is 9.29 Å². The van der Waals surface area contributed by atoms with Crippen LogP contribution in [0.5, 0.6) is 0 Å². The van der Waals surface area contributed by atoms with Gasteiger partial charge in [-0.15, -0.1) is 0 Å². The molecule has 2 rings (SSSR count). The Kier molecular flexibility index (Phi) is 12.8. The number of rotatable bonds is 10. The van der Waals surface area contributed by atoms with Gasteiger partial charge in [-0.05, 0) is 73.7 Å². The number of esters is 1. The SMILES string of the molecule is O=C(C[S+]1CCCCC1)c1ccc(F)cc1.O=C(OCCCCCBr)C(F)(F)S(=O)(=O)[O-]. The summed E-state index contributed by atoms with van der Waals surface area (Å²) in [6, 6.07) is 5.89. The molecule has 0 bridgehead atoms. The van der Waals surface area contributed by atoms with Gasteiger partial charge in [-0.25, -0.2) is 17.6 Å². The number of hydrogen-bond acceptors (Lipinski definition) is 6. The minimum Gasteiger partial charge on any atom is -0.743 e. The number of Topliss-reactive ketones (excluding diaryl/α,β-unsaturated/α-hetero) is 1. The largest absolute Gasteiger partial charge is 0.743 e. The molecule has 1 aromatic carbocycles. The lowest BCUT2D eigenvalue weighted by Gasteiger charge is -2.17. The molecule has 0 amide bonds. The van der Waals surface area contributed by atoms with Gasteiger partial charge in [0.2, 0.25) is 5.78 Å². The van der Waals surface area contributed by atoms with Crippen molar-refractivity contribution in [3.63, 3.8) is 0 Å². The van der Waals surface area contributed by atoms with Crippen molar-refractivity contribution in [2.75, 3.05) is 29.2 Å². The standard InChI is InChI=1S/C13H16FOS.C7H11BrF2O5S/c14-12-6-4-11(5-7-12)13(15)10-16-8-2-1-3-9-16;8-4-2-1-3-5-15-6(11)7(9,10)16(12,13)14/h4-7H,1-3,8-10H2;1-5H2,(H,12,13,14)/q+1;/p-1. The number of hydrogen-bond donors (Lipinski definition) is 0. The van der Waals surface area contributed by atoms with Crippen LogP contribution < -0.4 is 0 Å². The second kappa shape index (κ2) is 14.2. The Morgan fingerprint density at radius 1 is 1.06 bits per heavy atom. The Bertz CT molecular complexity index is 828. The van der Waals surface area contributed by atoms with Crippen molar-refractivity contribution >= 4 is 48.7 Å². The lowest BCUT2D eigenvalue weighted by atomic mass is 10.1. The van der Waals surface area contributed by atoms with Gasteiger partial charge in [0.15, 0.2) is 15.9 Å². The first-order valence-corrected chi connectivity index (χ1v) is 14.2. The zero-order valence-electron chi connectivity index (χ0n) is 17.4. The van der Waals surface area contributed by atoms with Crippen molar-refractivity contribution in [3.05, 3.63) is 35.6 Å². The van der Waals surface area contributed by atoms with Crippen LogP contribution in [0.15, 0.2) is 24.3 Å². The lowest BCUT2D eigenvalue weighted by molar-refractivity contribution is -0.161. The van der Waals surface area contributed by atoms with E-state index in [1.807, 2.05) is 0 Å². The van der Waals surface area contributed by atoms with Crippen LogP contribution in [0, 0.1) is 5.82 Å². The van der Waals surface area contributed by atoms with E-state index in [9.17, 15) is 35.7 Å². The Balaban J connectivity index is 0.000000320. The predicted molar refractivity (Wildman–Crippen MR) is 120 cm³/mol. The van der Waals surface area contributed by atoms with E-state index >= 15 is 0 Å². The minimum atomic E-state index is -6.01. The van der Waals surface area contributed by atoms with Crippen LogP contribution in [0.25, 0.3) is 0 Å². The van der Waals surface area contributed by atoms with E-state index in [0.29, 0.717) is 24.2 Å². The predicted octanol–water partition coefficient (Wildman–Crippen LogP) is 4.04. The maximum atomic E-state index is 12.7. The van der Waals surface area contributed by atoms with Gasteiger partial charge in [-0.2, -0.15) is 8.78 Å². The van der Waals surface area contributed by atoms with E-state index in [0.717, 1.165) is 11.8 Å². The number of ether oxygens (including phenoxy) is 1. The molecular weight excluding hydrogens is 537 g/mol. The number of ketones is 1. The van der Waals surface area contributed by atoms with Gasteiger partial charge in [0.05, 0.1) is 6.61 Å². The quantitative estimate of drug-likeness (QED) is 0.106. The average Bonchev–Trinajstić information content (AvgIpc) is 2.74. The third-order valence-electron chi connectivity index (χ3n) is 4.43. The highest BCUT2D eigenvalue weighted by Gasteiger charge is 2.48. The van der Waals surface area contributed by atoms with Crippen molar-refractivity contribution in [2.24, 2.45) is 0 Å². The fourth-order valence-corrected chi connectivity index (χ4v) is 5.58. The van der Waals surface area contributed by atoms with Crippen LogP contribution >= 0.6 is 15.9 Å². The molecule has 32 heavy (non-hydrogen) atoms. The van der Waals surface area contributed by atoms with Crippen LogP contribution in [-0.4, -0.2) is 59.2 Å². The zero-order valence-corrected chi connectivity index (χ0v) is 20.6. The third-order valence-corrected chi connectivity index (χ3v) is 8.19. The average molecular weight is 563 g/mol. The van der Waals surface area contributed by atoms with E-state index in [1.165, 1.54) is 42.9 Å². The molecule has 1 aliphatic heterocycles. The van der Waals surface area contributed by atoms with Gasteiger partial charge in [-0.1, -0.05) is 15.9 Å². The van der Waals surface area contributed by atoms with Gasteiger partial charge in [-0.3, -0.25) is 4.79 Å². The molecule has 0 aromatic heterocycles. The number of benzene rings is 1. The second-order valence-corrected chi connectivity index (χ2v) is 11.6. The minimum absolute atomic E-state index is 0.172. The van der Waals surface area contributed by atoms with Crippen LogP contribution in [0.4, 0.5) is 13.2 Å². The molecule has 1 aromatic rings. The van der Waals surface area contributed by atoms with Crippen molar-refractivity contribution < 1.29 is 40.5 Å². The van der Waals surface area contributed by atoms with Gasteiger partial charge in [0, 0.05) is 10.9 Å². The highest BCUT2D eigenvalue weighted by atomic mass is 79.9. The van der Waals surface area contributed by atoms with Crippen molar-refractivity contribution in [1.82, 2.24) is 0 Å². The summed E-state index contributed by atoms with van der Waals surface area (Å²) in [5.74, 6) is 0.633. The summed E-state index contributed by atoms with van der Waals surface area (Å²) in [7, 11) is -5.74. The number of alkyl halides is 3. The van der Waals surface area contributed by atoms with Crippen molar-refractivity contribution in [3.8, 4) is 0 Å². The summed E-state index contributed by atoms with van der Waals surface area (Å²) in [4.78, 5) is 22.5. The maximum Gasteiger partial charge on any atom is 0.428 e. The Morgan fingerprint density at radius 3 is 2.19 bits per heavy atom. The molecule has 1 aliphatic rings. The summed E-state index contributed by atoms with van der Waals surface area (Å²) < 4.78 is 71.8. The lowest BCUT2D eigenvalue weighted by Crippen LogP contribution is -2.39. The topological polar surface area (TPSA) is 101 Å². The van der Waals surface area contributed by atoms with Gasteiger partial charge in [0.25, 0.3) is 0 Å².